The second-order valence-electron chi connectivity index (χ2n) is 4.29. The zero-order chi connectivity index (χ0) is 13.8. The molecule has 0 bridgehead atoms. The molecule has 1 N–H and O–H groups in total. The van der Waals surface area contributed by atoms with Gasteiger partial charge in [0.05, 0.1) is 17.9 Å². The molecule has 1 aromatic heterocycles. The lowest BCUT2D eigenvalue weighted by molar-refractivity contribution is 0.0934. The van der Waals surface area contributed by atoms with Crippen molar-refractivity contribution in [3.8, 4) is 0 Å². The average molecular weight is 276 g/mol. The second-order valence-corrected chi connectivity index (χ2v) is 4.73. The third-order valence-corrected chi connectivity index (χ3v) is 2.98. The van der Waals surface area contributed by atoms with E-state index < -0.39 is 0 Å². The molecule has 0 aliphatic heterocycles. The molecule has 19 heavy (non-hydrogen) atoms. The van der Waals surface area contributed by atoms with E-state index >= 15 is 0 Å². The molecule has 1 aromatic carbocycles. The Morgan fingerprint density at radius 1 is 1.21 bits per heavy atom. The standard InChI is InChI=1S/C14H14ClN3O/c1-9-7-17-13(8-16-9)14(19)18-10(2)11-3-5-12(15)6-4-11/h3-8,10H,1-2H3,(H,18,19)/t10-/m0/s1. The Bertz CT molecular complexity index is 566. The maximum absolute atomic E-state index is 12.0. The van der Waals surface area contributed by atoms with Crippen molar-refractivity contribution in [1.29, 1.82) is 0 Å². The van der Waals surface area contributed by atoms with Gasteiger partial charge < -0.3 is 5.32 Å². The van der Waals surface area contributed by atoms with Crippen LogP contribution in [-0.2, 0) is 0 Å². The first-order chi connectivity index (χ1) is 9.06. The minimum absolute atomic E-state index is 0.118. The van der Waals surface area contributed by atoms with Crippen molar-refractivity contribution in [3.05, 3.63) is 58.6 Å². The van der Waals surface area contributed by atoms with Gasteiger partial charge >= 0.3 is 0 Å². The smallest absolute Gasteiger partial charge is 0.271 e. The van der Waals surface area contributed by atoms with Crippen molar-refractivity contribution in [3.63, 3.8) is 0 Å². The van der Waals surface area contributed by atoms with Crippen LogP contribution in [0.1, 0.15) is 34.7 Å². The number of aromatic nitrogens is 2. The molecule has 0 saturated heterocycles. The third-order valence-electron chi connectivity index (χ3n) is 2.73. The molecule has 4 nitrogen and oxygen atoms in total. The minimum Gasteiger partial charge on any atom is -0.344 e. The number of carbonyl (C=O) groups excluding carboxylic acids is 1. The van der Waals surface area contributed by atoms with Crippen molar-refractivity contribution < 1.29 is 4.79 Å². The van der Waals surface area contributed by atoms with Crippen LogP contribution in [0.2, 0.25) is 5.02 Å². The monoisotopic (exact) mass is 275 g/mol. The lowest BCUT2D eigenvalue weighted by Gasteiger charge is -2.14. The number of nitrogens with zero attached hydrogens (tertiary/aromatic N) is 2. The molecule has 0 aliphatic rings. The normalized spacial score (nSPS) is 11.9. The number of hydrogen-bond acceptors (Lipinski definition) is 3. The topological polar surface area (TPSA) is 54.9 Å². The molecule has 0 spiro atoms. The van der Waals surface area contributed by atoms with Crippen molar-refractivity contribution >= 4 is 17.5 Å². The summed E-state index contributed by atoms with van der Waals surface area (Å²) in [5, 5.41) is 3.54. The Labute approximate surface area is 116 Å². The summed E-state index contributed by atoms with van der Waals surface area (Å²) < 4.78 is 0. The first kappa shape index (κ1) is 13.5. The van der Waals surface area contributed by atoms with E-state index in [4.69, 9.17) is 11.6 Å². The molecule has 2 aromatic rings. The van der Waals surface area contributed by atoms with Crippen molar-refractivity contribution in [2.24, 2.45) is 0 Å². The molecule has 0 aliphatic carbocycles. The van der Waals surface area contributed by atoms with Gasteiger partial charge in [-0.2, -0.15) is 0 Å². The molecule has 1 atom stereocenters. The van der Waals surface area contributed by atoms with Crippen LogP contribution in [0.4, 0.5) is 0 Å². The number of nitrogens with one attached hydrogen (secondary N) is 1. The summed E-state index contributed by atoms with van der Waals surface area (Å²) in [6, 6.07) is 7.24. The van der Waals surface area contributed by atoms with Crippen LogP contribution in [0.5, 0.6) is 0 Å². The number of hydrogen-bond donors (Lipinski definition) is 1. The van der Waals surface area contributed by atoms with Gasteiger partial charge in [-0.1, -0.05) is 23.7 Å². The van der Waals surface area contributed by atoms with Crippen LogP contribution >= 0.6 is 11.6 Å². The number of rotatable bonds is 3. The molecule has 5 heteroatoms. The Kier molecular flexibility index (Phi) is 4.12. The van der Waals surface area contributed by atoms with Crippen LogP contribution in [0.3, 0.4) is 0 Å². The summed E-state index contributed by atoms with van der Waals surface area (Å²) in [6.07, 6.45) is 3.04. The van der Waals surface area contributed by atoms with E-state index in [-0.39, 0.29) is 11.9 Å². The maximum atomic E-state index is 12.0. The average Bonchev–Trinajstić information content (AvgIpc) is 2.40. The molecule has 2 rings (SSSR count). The molecule has 0 unspecified atom stereocenters. The fourth-order valence-corrected chi connectivity index (χ4v) is 1.74. The zero-order valence-corrected chi connectivity index (χ0v) is 11.5. The Morgan fingerprint density at radius 3 is 2.47 bits per heavy atom. The van der Waals surface area contributed by atoms with Crippen LogP contribution in [0.25, 0.3) is 0 Å². The van der Waals surface area contributed by atoms with Crippen LogP contribution in [0.15, 0.2) is 36.7 Å². The largest absolute Gasteiger partial charge is 0.344 e. The molecular formula is C14H14ClN3O. The van der Waals surface area contributed by atoms with Gasteiger partial charge in [0.2, 0.25) is 0 Å². The molecule has 0 radical (unpaired) electrons. The number of amides is 1. The first-order valence-corrected chi connectivity index (χ1v) is 6.29. The van der Waals surface area contributed by atoms with Crippen LogP contribution in [0, 0.1) is 6.92 Å². The minimum atomic E-state index is -0.241. The Balaban J connectivity index is 2.06. The van der Waals surface area contributed by atoms with E-state index in [9.17, 15) is 4.79 Å². The molecule has 1 amide bonds. The van der Waals surface area contributed by atoms with Gasteiger partial charge in [0, 0.05) is 11.2 Å². The van der Waals surface area contributed by atoms with Crippen molar-refractivity contribution in [2.75, 3.05) is 0 Å². The summed E-state index contributed by atoms with van der Waals surface area (Å²) in [4.78, 5) is 20.1. The van der Waals surface area contributed by atoms with Gasteiger partial charge in [-0.05, 0) is 31.5 Å². The first-order valence-electron chi connectivity index (χ1n) is 5.91. The van der Waals surface area contributed by atoms with Crippen molar-refractivity contribution in [1.82, 2.24) is 15.3 Å². The van der Waals surface area contributed by atoms with Gasteiger partial charge in [0.1, 0.15) is 5.69 Å². The van der Waals surface area contributed by atoms with E-state index in [1.807, 2.05) is 26.0 Å². The molecule has 1 heterocycles. The fourth-order valence-electron chi connectivity index (χ4n) is 1.62. The predicted octanol–water partition coefficient (Wildman–Crippen LogP) is 2.93. The van der Waals surface area contributed by atoms with Crippen molar-refractivity contribution in [2.45, 2.75) is 19.9 Å². The Hall–Kier alpha value is -1.94. The van der Waals surface area contributed by atoms with Gasteiger partial charge in [-0.15, -0.1) is 0 Å². The van der Waals surface area contributed by atoms with E-state index in [1.54, 1.807) is 18.3 Å². The fraction of sp³-hybridized carbons (Fsp3) is 0.214. The van der Waals surface area contributed by atoms with E-state index in [0.717, 1.165) is 11.3 Å². The number of carbonyl (C=O) groups is 1. The molecule has 0 fully saturated rings. The van der Waals surface area contributed by atoms with Gasteiger partial charge in [0.15, 0.2) is 0 Å². The van der Waals surface area contributed by atoms with Gasteiger partial charge in [-0.3, -0.25) is 9.78 Å². The summed E-state index contributed by atoms with van der Waals surface area (Å²) in [7, 11) is 0. The van der Waals surface area contributed by atoms with E-state index in [0.29, 0.717) is 10.7 Å². The lowest BCUT2D eigenvalue weighted by atomic mass is 10.1. The third kappa shape index (κ3) is 3.51. The van der Waals surface area contributed by atoms with E-state index in [1.165, 1.54) is 6.20 Å². The molecule has 98 valence electrons. The Morgan fingerprint density at radius 2 is 1.89 bits per heavy atom. The molecule has 0 saturated carbocycles. The summed E-state index contributed by atoms with van der Waals surface area (Å²) >= 11 is 5.83. The number of halogens is 1. The highest BCUT2D eigenvalue weighted by Crippen LogP contribution is 2.16. The zero-order valence-electron chi connectivity index (χ0n) is 10.7. The van der Waals surface area contributed by atoms with E-state index in [2.05, 4.69) is 15.3 Å². The lowest BCUT2D eigenvalue weighted by Crippen LogP contribution is -2.27. The summed E-state index contributed by atoms with van der Waals surface area (Å²) in [5.41, 5.74) is 2.08. The van der Waals surface area contributed by atoms with Crippen LogP contribution < -0.4 is 5.32 Å². The quantitative estimate of drug-likeness (QED) is 0.937. The number of benzene rings is 1. The maximum Gasteiger partial charge on any atom is 0.271 e. The number of aryl methyl sites for hydroxylation is 1. The highest BCUT2D eigenvalue weighted by atomic mass is 35.5. The van der Waals surface area contributed by atoms with Gasteiger partial charge in [-0.25, -0.2) is 4.98 Å². The second kappa shape index (κ2) is 5.80. The highest BCUT2D eigenvalue weighted by molar-refractivity contribution is 6.30. The summed E-state index contributed by atoms with van der Waals surface area (Å²) in [6.45, 7) is 3.73. The van der Waals surface area contributed by atoms with Gasteiger partial charge in [0.25, 0.3) is 5.91 Å². The highest BCUT2D eigenvalue weighted by Gasteiger charge is 2.12. The summed E-state index contributed by atoms with van der Waals surface area (Å²) in [5.74, 6) is -0.241. The molecular weight excluding hydrogens is 262 g/mol. The van der Waals surface area contributed by atoms with Crippen LogP contribution in [-0.4, -0.2) is 15.9 Å². The predicted molar refractivity (Wildman–Crippen MR) is 74.1 cm³/mol. The SMILES string of the molecule is Cc1cnc(C(=O)N[C@@H](C)c2ccc(Cl)cc2)cn1.